The maximum absolute atomic E-state index is 11.8. The molecule has 7 heteroatoms. The molecule has 0 saturated heterocycles. The van der Waals surface area contributed by atoms with E-state index in [2.05, 4.69) is 17.3 Å². The van der Waals surface area contributed by atoms with Gasteiger partial charge in [-0.15, -0.1) is 0 Å². The minimum Gasteiger partial charge on any atom is -0.495 e. The highest BCUT2D eigenvalue weighted by atomic mass is 32.2. The molecule has 23 heavy (non-hydrogen) atoms. The van der Waals surface area contributed by atoms with Crippen molar-refractivity contribution in [2.24, 2.45) is 7.05 Å². The zero-order chi connectivity index (χ0) is 17.2. The van der Waals surface area contributed by atoms with Crippen molar-refractivity contribution in [3.63, 3.8) is 0 Å². The van der Waals surface area contributed by atoms with Crippen molar-refractivity contribution >= 4 is 9.84 Å². The van der Waals surface area contributed by atoms with Crippen LogP contribution in [0.25, 0.3) is 0 Å². The Balaban J connectivity index is 2.21. The lowest BCUT2D eigenvalue weighted by atomic mass is 10.1. The Labute approximate surface area is 137 Å². The fourth-order valence-corrected chi connectivity index (χ4v) is 3.31. The molecule has 0 radical (unpaired) electrons. The van der Waals surface area contributed by atoms with Crippen molar-refractivity contribution in [3.05, 3.63) is 41.7 Å². The molecule has 126 valence electrons. The Morgan fingerprint density at radius 3 is 2.39 bits per heavy atom. The van der Waals surface area contributed by atoms with Gasteiger partial charge in [-0.3, -0.25) is 4.68 Å². The first kappa shape index (κ1) is 17.5. The van der Waals surface area contributed by atoms with E-state index in [4.69, 9.17) is 4.74 Å². The predicted octanol–water partition coefficient (Wildman–Crippen LogP) is 2.24. The Morgan fingerprint density at radius 2 is 1.87 bits per heavy atom. The van der Waals surface area contributed by atoms with Crippen molar-refractivity contribution in [2.45, 2.75) is 30.8 Å². The van der Waals surface area contributed by atoms with E-state index in [0.717, 1.165) is 11.1 Å². The second-order valence-electron chi connectivity index (χ2n) is 5.74. The molecule has 1 aromatic heterocycles. The van der Waals surface area contributed by atoms with Crippen LogP contribution in [-0.4, -0.2) is 31.6 Å². The average molecular weight is 337 g/mol. The third-order valence-corrected chi connectivity index (χ3v) is 4.95. The number of hydrogen-bond acceptors (Lipinski definition) is 5. The monoisotopic (exact) mass is 337 g/mol. The van der Waals surface area contributed by atoms with Gasteiger partial charge in [0.05, 0.1) is 13.3 Å². The van der Waals surface area contributed by atoms with E-state index in [1.807, 2.05) is 32.4 Å². The topological polar surface area (TPSA) is 73.2 Å². The molecule has 1 heterocycles. The molecule has 0 amide bonds. The molecule has 2 atom stereocenters. The SMILES string of the molecule is COc1cc([C@H](C)N[C@@H](C)c2cnn(C)c2)ccc1S(C)(=O)=O. The summed E-state index contributed by atoms with van der Waals surface area (Å²) in [4.78, 5) is 0.205. The summed E-state index contributed by atoms with van der Waals surface area (Å²) in [5, 5.41) is 7.65. The van der Waals surface area contributed by atoms with Gasteiger partial charge in [-0.25, -0.2) is 8.42 Å². The molecular formula is C16H23N3O3S. The number of hydrogen-bond donors (Lipinski definition) is 1. The molecule has 0 aliphatic heterocycles. The first-order chi connectivity index (χ1) is 10.7. The molecule has 2 aromatic rings. The van der Waals surface area contributed by atoms with Crippen molar-refractivity contribution < 1.29 is 13.2 Å². The number of nitrogens with one attached hydrogen (secondary N) is 1. The fourth-order valence-electron chi connectivity index (χ4n) is 2.49. The van der Waals surface area contributed by atoms with E-state index in [-0.39, 0.29) is 17.0 Å². The number of aromatic nitrogens is 2. The van der Waals surface area contributed by atoms with Gasteiger partial charge in [0.1, 0.15) is 10.6 Å². The third-order valence-electron chi connectivity index (χ3n) is 3.81. The van der Waals surface area contributed by atoms with Crippen LogP contribution in [0.3, 0.4) is 0 Å². The normalized spacial score (nSPS) is 14.5. The van der Waals surface area contributed by atoms with Gasteiger partial charge in [0.15, 0.2) is 9.84 Å². The van der Waals surface area contributed by atoms with Crippen LogP contribution in [0.4, 0.5) is 0 Å². The number of nitrogens with zero attached hydrogens (tertiary/aromatic N) is 2. The van der Waals surface area contributed by atoms with Gasteiger partial charge in [0.2, 0.25) is 0 Å². The van der Waals surface area contributed by atoms with Gasteiger partial charge < -0.3 is 10.1 Å². The van der Waals surface area contributed by atoms with Crippen LogP contribution in [0.5, 0.6) is 5.75 Å². The Morgan fingerprint density at radius 1 is 1.22 bits per heavy atom. The van der Waals surface area contributed by atoms with Gasteiger partial charge in [-0.1, -0.05) is 6.07 Å². The molecule has 2 rings (SSSR count). The van der Waals surface area contributed by atoms with Gasteiger partial charge >= 0.3 is 0 Å². The summed E-state index contributed by atoms with van der Waals surface area (Å²) < 4.78 is 30.5. The number of rotatable bonds is 6. The lowest BCUT2D eigenvalue weighted by Crippen LogP contribution is -2.22. The van der Waals surface area contributed by atoms with Crippen LogP contribution in [0.15, 0.2) is 35.5 Å². The number of aryl methyl sites for hydroxylation is 1. The highest BCUT2D eigenvalue weighted by molar-refractivity contribution is 7.90. The average Bonchev–Trinajstić information content (AvgIpc) is 2.92. The first-order valence-corrected chi connectivity index (χ1v) is 9.24. The molecule has 1 aromatic carbocycles. The second-order valence-corrected chi connectivity index (χ2v) is 7.72. The number of sulfone groups is 1. The fraction of sp³-hybridized carbons (Fsp3) is 0.438. The summed E-state index contributed by atoms with van der Waals surface area (Å²) in [6, 6.07) is 5.33. The Kier molecular flexibility index (Phi) is 5.11. The van der Waals surface area contributed by atoms with Gasteiger partial charge in [0, 0.05) is 37.1 Å². The molecule has 1 N–H and O–H groups in total. The van der Waals surface area contributed by atoms with Crippen molar-refractivity contribution in [1.82, 2.24) is 15.1 Å². The van der Waals surface area contributed by atoms with Crippen LogP contribution in [0, 0.1) is 0 Å². The Hall–Kier alpha value is -1.86. The van der Waals surface area contributed by atoms with E-state index in [1.165, 1.54) is 13.4 Å². The summed E-state index contributed by atoms with van der Waals surface area (Å²) in [6.07, 6.45) is 4.98. The summed E-state index contributed by atoms with van der Waals surface area (Å²) >= 11 is 0. The highest BCUT2D eigenvalue weighted by Crippen LogP contribution is 2.28. The van der Waals surface area contributed by atoms with Gasteiger partial charge in [0.25, 0.3) is 0 Å². The molecule has 0 unspecified atom stereocenters. The molecule has 0 spiro atoms. The van der Waals surface area contributed by atoms with E-state index in [9.17, 15) is 8.42 Å². The van der Waals surface area contributed by atoms with E-state index in [1.54, 1.807) is 16.8 Å². The van der Waals surface area contributed by atoms with E-state index >= 15 is 0 Å². The smallest absolute Gasteiger partial charge is 0.179 e. The number of ether oxygens (including phenoxy) is 1. The van der Waals surface area contributed by atoms with Crippen LogP contribution < -0.4 is 10.1 Å². The quantitative estimate of drug-likeness (QED) is 0.875. The van der Waals surface area contributed by atoms with Crippen LogP contribution in [0.1, 0.15) is 37.1 Å². The maximum Gasteiger partial charge on any atom is 0.179 e. The maximum atomic E-state index is 11.8. The van der Waals surface area contributed by atoms with Crippen LogP contribution in [-0.2, 0) is 16.9 Å². The minimum absolute atomic E-state index is 0.0349. The summed E-state index contributed by atoms with van der Waals surface area (Å²) in [7, 11) is 0.0520. The standard InChI is InChI=1S/C16H23N3O3S/c1-11(18-12(2)14-9-17-19(3)10-14)13-6-7-16(23(5,20)21)15(8-13)22-4/h6-12,18H,1-5H3/t11-,12-/m0/s1. The predicted molar refractivity (Wildman–Crippen MR) is 89.3 cm³/mol. The van der Waals surface area contributed by atoms with Crippen molar-refractivity contribution in [1.29, 1.82) is 0 Å². The number of methoxy groups -OCH3 is 1. The van der Waals surface area contributed by atoms with Gasteiger partial charge in [-0.2, -0.15) is 5.10 Å². The van der Waals surface area contributed by atoms with Crippen LogP contribution in [0.2, 0.25) is 0 Å². The molecule has 0 bridgehead atoms. The molecule has 0 aliphatic carbocycles. The summed E-state index contributed by atoms with van der Waals surface area (Å²) in [5.74, 6) is 0.368. The lowest BCUT2D eigenvalue weighted by Gasteiger charge is -2.20. The Bertz CT molecular complexity index is 784. The molecular weight excluding hydrogens is 314 g/mol. The number of benzene rings is 1. The van der Waals surface area contributed by atoms with Crippen molar-refractivity contribution in [3.8, 4) is 5.75 Å². The first-order valence-electron chi connectivity index (χ1n) is 7.35. The minimum atomic E-state index is -3.31. The largest absolute Gasteiger partial charge is 0.495 e. The van der Waals surface area contributed by atoms with E-state index < -0.39 is 9.84 Å². The second kappa shape index (κ2) is 6.72. The van der Waals surface area contributed by atoms with Crippen molar-refractivity contribution in [2.75, 3.05) is 13.4 Å². The molecule has 0 saturated carbocycles. The molecule has 0 aliphatic rings. The molecule has 6 nitrogen and oxygen atoms in total. The molecule has 0 fully saturated rings. The lowest BCUT2D eigenvalue weighted by molar-refractivity contribution is 0.400. The zero-order valence-electron chi connectivity index (χ0n) is 14.1. The summed E-state index contributed by atoms with van der Waals surface area (Å²) in [6.45, 7) is 4.09. The highest BCUT2D eigenvalue weighted by Gasteiger charge is 2.18. The van der Waals surface area contributed by atoms with E-state index in [0.29, 0.717) is 5.75 Å². The summed E-state index contributed by atoms with van der Waals surface area (Å²) in [5.41, 5.74) is 2.06. The third kappa shape index (κ3) is 4.11. The zero-order valence-corrected chi connectivity index (χ0v) is 14.9. The van der Waals surface area contributed by atoms with Crippen LogP contribution >= 0.6 is 0 Å². The van der Waals surface area contributed by atoms with Gasteiger partial charge in [-0.05, 0) is 31.5 Å².